The molecule has 1 unspecified atom stereocenters. The molecule has 1 saturated heterocycles. The zero-order valence-corrected chi connectivity index (χ0v) is 12.6. The third kappa shape index (κ3) is 3.57. The Balaban J connectivity index is 1.59. The van der Waals surface area contributed by atoms with Crippen molar-refractivity contribution in [2.75, 3.05) is 18.4 Å². The Morgan fingerprint density at radius 3 is 2.78 bits per heavy atom. The zero-order chi connectivity index (χ0) is 16.2. The lowest BCUT2D eigenvalue weighted by molar-refractivity contribution is -0.384. The van der Waals surface area contributed by atoms with Crippen LogP contribution in [0.5, 0.6) is 0 Å². The molecule has 0 saturated carbocycles. The van der Waals surface area contributed by atoms with Gasteiger partial charge in [-0.15, -0.1) is 0 Å². The fraction of sp³-hybridized carbons (Fsp3) is 0.312. The molecule has 1 aromatic heterocycles. The number of hydrogen-bond acceptors (Lipinski definition) is 4. The first kappa shape index (κ1) is 15.2. The highest BCUT2D eigenvalue weighted by Crippen LogP contribution is 2.30. The number of nitro groups is 1. The summed E-state index contributed by atoms with van der Waals surface area (Å²) in [4.78, 5) is 27.7. The predicted octanol–water partition coefficient (Wildman–Crippen LogP) is 2.70. The second kappa shape index (κ2) is 6.62. The zero-order valence-electron chi connectivity index (χ0n) is 12.6. The lowest BCUT2D eigenvalue weighted by Crippen LogP contribution is -2.33. The van der Waals surface area contributed by atoms with Gasteiger partial charge >= 0.3 is 0 Å². The van der Waals surface area contributed by atoms with Crippen LogP contribution in [0.1, 0.15) is 24.6 Å². The molecular weight excluding hydrogens is 296 g/mol. The number of benzene rings is 1. The summed E-state index contributed by atoms with van der Waals surface area (Å²) in [5.74, 6) is -0.114. The van der Waals surface area contributed by atoms with Gasteiger partial charge in [-0.3, -0.25) is 19.8 Å². The van der Waals surface area contributed by atoms with Crippen molar-refractivity contribution in [1.29, 1.82) is 0 Å². The molecule has 1 amide bonds. The van der Waals surface area contributed by atoms with Gasteiger partial charge in [0, 0.05) is 29.7 Å². The normalized spacial score (nSPS) is 18.0. The largest absolute Gasteiger partial charge is 0.364 e. The molecule has 2 N–H and O–H groups in total. The quantitative estimate of drug-likeness (QED) is 0.655. The van der Waals surface area contributed by atoms with E-state index in [1.165, 1.54) is 12.1 Å². The molecule has 7 heteroatoms. The second-order valence-corrected chi connectivity index (χ2v) is 5.61. The Bertz CT molecular complexity index is 682. The van der Waals surface area contributed by atoms with E-state index in [4.69, 9.17) is 0 Å². The highest BCUT2D eigenvalue weighted by Gasteiger charge is 2.28. The molecule has 1 aliphatic rings. The number of carbonyl (C=O) groups is 1. The van der Waals surface area contributed by atoms with E-state index in [9.17, 15) is 14.9 Å². The van der Waals surface area contributed by atoms with E-state index in [1.54, 1.807) is 12.1 Å². The lowest BCUT2D eigenvalue weighted by Gasteiger charge is -2.23. The van der Waals surface area contributed by atoms with E-state index in [0.717, 1.165) is 25.1 Å². The molecule has 2 aromatic rings. The summed E-state index contributed by atoms with van der Waals surface area (Å²) < 4.78 is 0. The number of rotatable bonds is 5. The van der Waals surface area contributed by atoms with Gasteiger partial charge in [-0.1, -0.05) is 0 Å². The van der Waals surface area contributed by atoms with Gasteiger partial charge in [-0.05, 0) is 43.7 Å². The number of amides is 1. The number of H-pyrrole nitrogens is 1. The van der Waals surface area contributed by atoms with Gasteiger partial charge in [-0.25, -0.2) is 0 Å². The van der Waals surface area contributed by atoms with E-state index < -0.39 is 4.92 Å². The summed E-state index contributed by atoms with van der Waals surface area (Å²) in [6.45, 7) is 1.19. The first-order valence-corrected chi connectivity index (χ1v) is 7.55. The Kier molecular flexibility index (Phi) is 4.38. The van der Waals surface area contributed by atoms with Crippen LogP contribution in [-0.2, 0) is 4.79 Å². The molecule has 0 aliphatic carbocycles. The number of hydrogen-bond donors (Lipinski definition) is 2. The number of aromatic nitrogens is 1. The number of aromatic amines is 1. The van der Waals surface area contributed by atoms with Crippen LogP contribution in [0.25, 0.3) is 0 Å². The summed E-state index contributed by atoms with van der Waals surface area (Å²) in [7, 11) is 0. The molecule has 0 bridgehead atoms. The molecule has 120 valence electrons. The fourth-order valence-corrected chi connectivity index (χ4v) is 2.97. The Morgan fingerprint density at radius 1 is 1.35 bits per heavy atom. The van der Waals surface area contributed by atoms with Crippen molar-refractivity contribution in [2.45, 2.75) is 18.9 Å². The molecule has 3 rings (SSSR count). The standard InChI is InChI=1S/C16H18N4O3/c21-16(18-12-5-7-13(8-6-12)20(22)23)11-19-10-2-4-15(19)14-3-1-9-17-14/h1,3,5-9,15,17H,2,4,10-11H2,(H,18,21). The van der Waals surface area contributed by atoms with Crippen molar-refractivity contribution in [3.05, 3.63) is 58.4 Å². The molecule has 1 atom stereocenters. The van der Waals surface area contributed by atoms with Crippen molar-refractivity contribution < 1.29 is 9.72 Å². The topological polar surface area (TPSA) is 91.3 Å². The third-order valence-electron chi connectivity index (χ3n) is 4.05. The second-order valence-electron chi connectivity index (χ2n) is 5.61. The van der Waals surface area contributed by atoms with Crippen LogP contribution >= 0.6 is 0 Å². The van der Waals surface area contributed by atoms with Gasteiger partial charge < -0.3 is 10.3 Å². The van der Waals surface area contributed by atoms with Crippen LogP contribution in [0.15, 0.2) is 42.6 Å². The van der Waals surface area contributed by atoms with E-state index >= 15 is 0 Å². The van der Waals surface area contributed by atoms with Crippen molar-refractivity contribution in [3.63, 3.8) is 0 Å². The van der Waals surface area contributed by atoms with Crippen LogP contribution in [-0.4, -0.2) is 33.8 Å². The van der Waals surface area contributed by atoms with Crippen molar-refractivity contribution in [3.8, 4) is 0 Å². The van der Waals surface area contributed by atoms with Crippen LogP contribution in [0, 0.1) is 10.1 Å². The Morgan fingerprint density at radius 2 is 2.13 bits per heavy atom. The van der Waals surface area contributed by atoms with Crippen LogP contribution in [0.4, 0.5) is 11.4 Å². The Hall–Kier alpha value is -2.67. The molecule has 7 nitrogen and oxygen atoms in total. The maximum atomic E-state index is 12.2. The number of carbonyl (C=O) groups excluding carboxylic acids is 1. The summed E-state index contributed by atoms with van der Waals surface area (Å²) >= 11 is 0. The highest BCUT2D eigenvalue weighted by atomic mass is 16.6. The monoisotopic (exact) mass is 314 g/mol. The van der Waals surface area contributed by atoms with Crippen LogP contribution in [0.3, 0.4) is 0 Å². The molecule has 0 spiro atoms. The van der Waals surface area contributed by atoms with Gasteiger partial charge in [-0.2, -0.15) is 0 Å². The minimum atomic E-state index is -0.462. The smallest absolute Gasteiger partial charge is 0.269 e. The molecule has 1 aliphatic heterocycles. The predicted molar refractivity (Wildman–Crippen MR) is 86.1 cm³/mol. The maximum Gasteiger partial charge on any atom is 0.269 e. The summed E-state index contributed by atoms with van der Waals surface area (Å²) in [6, 6.07) is 10.1. The van der Waals surface area contributed by atoms with E-state index in [0.29, 0.717) is 12.2 Å². The SMILES string of the molecule is O=C(CN1CCCC1c1ccc[nH]1)Nc1ccc([N+](=O)[O-])cc1. The average molecular weight is 314 g/mol. The van der Waals surface area contributed by atoms with E-state index in [2.05, 4.69) is 15.2 Å². The molecule has 1 fully saturated rings. The van der Waals surface area contributed by atoms with E-state index in [1.807, 2.05) is 18.3 Å². The molecule has 1 aromatic carbocycles. The molecule has 2 heterocycles. The van der Waals surface area contributed by atoms with Gasteiger partial charge in [0.05, 0.1) is 17.5 Å². The van der Waals surface area contributed by atoms with Crippen LogP contribution in [0.2, 0.25) is 0 Å². The number of nitrogens with one attached hydrogen (secondary N) is 2. The van der Waals surface area contributed by atoms with E-state index in [-0.39, 0.29) is 17.6 Å². The Labute approximate surface area is 133 Å². The minimum Gasteiger partial charge on any atom is -0.364 e. The number of nitrogens with zero attached hydrogens (tertiary/aromatic N) is 2. The minimum absolute atomic E-state index is 0.00866. The lowest BCUT2D eigenvalue weighted by atomic mass is 10.1. The van der Waals surface area contributed by atoms with Gasteiger partial charge in [0.2, 0.25) is 5.91 Å². The van der Waals surface area contributed by atoms with Crippen molar-refractivity contribution in [2.24, 2.45) is 0 Å². The molecule has 23 heavy (non-hydrogen) atoms. The summed E-state index contributed by atoms with van der Waals surface area (Å²) in [5.41, 5.74) is 1.70. The number of nitro benzene ring substituents is 1. The number of anilines is 1. The first-order chi connectivity index (χ1) is 11.1. The maximum absolute atomic E-state index is 12.2. The first-order valence-electron chi connectivity index (χ1n) is 7.55. The fourth-order valence-electron chi connectivity index (χ4n) is 2.97. The van der Waals surface area contributed by atoms with Gasteiger partial charge in [0.25, 0.3) is 5.69 Å². The summed E-state index contributed by atoms with van der Waals surface area (Å²) in [6.07, 6.45) is 3.99. The van der Waals surface area contributed by atoms with Gasteiger partial charge in [0.1, 0.15) is 0 Å². The number of non-ortho nitro benzene ring substituents is 1. The third-order valence-corrected chi connectivity index (χ3v) is 4.05. The number of likely N-dealkylation sites (tertiary alicyclic amines) is 1. The van der Waals surface area contributed by atoms with Crippen molar-refractivity contribution in [1.82, 2.24) is 9.88 Å². The van der Waals surface area contributed by atoms with Gasteiger partial charge in [0.15, 0.2) is 0 Å². The average Bonchev–Trinajstić information content (AvgIpc) is 3.18. The molecular formula is C16H18N4O3. The summed E-state index contributed by atoms with van der Waals surface area (Å²) in [5, 5.41) is 13.4. The van der Waals surface area contributed by atoms with Crippen molar-refractivity contribution >= 4 is 17.3 Å². The molecule has 0 radical (unpaired) electrons. The van der Waals surface area contributed by atoms with Crippen LogP contribution < -0.4 is 5.32 Å². The highest BCUT2D eigenvalue weighted by molar-refractivity contribution is 5.92.